The van der Waals surface area contributed by atoms with Crippen LogP contribution in [0.15, 0.2) is 42.5 Å². The van der Waals surface area contributed by atoms with Crippen LogP contribution in [0.25, 0.3) is 0 Å². The van der Waals surface area contributed by atoms with Gasteiger partial charge in [0.15, 0.2) is 0 Å². The van der Waals surface area contributed by atoms with Crippen molar-refractivity contribution in [3.05, 3.63) is 53.6 Å². The molecule has 2 aromatic rings. The summed E-state index contributed by atoms with van der Waals surface area (Å²) in [6, 6.07) is 14.3. The number of aryl methyl sites for hydroxylation is 1. The highest BCUT2D eigenvalue weighted by Gasteiger charge is 2.04. The van der Waals surface area contributed by atoms with Crippen LogP contribution in [0.1, 0.15) is 25.0 Å². The third kappa shape index (κ3) is 4.50. The van der Waals surface area contributed by atoms with Crippen molar-refractivity contribution in [2.45, 2.75) is 33.4 Å². The molecule has 0 unspecified atom stereocenters. The SMILES string of the molecule is COc1cccc(Oc2ccc(CNC(C)C)c(C)c2)c1. The van der Waals surface area contributed by atoms with E-state index in [-0.39, 0.29) is 0 Å². The van der Waals surface area contributed by atoms with Crippen LogP contribution in [0.2, 0.25) is 0 Å². The van der Waals surface area contributed by atoms with Crippen LogP contribution >= 0.6 is 0 Å². The molecular formula is C18H23NO2. The topological polar surface area (TPSA) is 30.5 Å². The fourth-order valence-electron chi connectivity index (χ4n) is 2.05. The van der Waals surface area contributed by atoms with Crippen molar-refractivity contribution >= 4 is 0 Å². The lowest BCUT2D eigenvalue weighted by molar-refractivity contribution is 0.409. The number of benzene rings is 2. The van der Waals surface area contributed by atoms with Gasteiger partial charge in [-0.25, -0.2) is 0 Å². The van der Waals surface area contributed by atoms with Crippen LogP contribution in [-0.4, -0.2) is 13.2 Å². The number of ether oxygens (including phenoxy) is 2. The van der Waals surface area contributed by atoms with E-state index in [0.29, 0.717) is 6.04 Å². The predicted octanol–water partition coefficient (Wildman–Crippen LogP) is 4.29. The summed E-state index contributed by atoms with van der Waals surface area (Å²) in [5, 5.41) is 3.43. The molecule has 112 valence electrons. The fraction of sp³-hybridized carbons (Fsp3) is 0.333. The lowest BCUT2D eigenvalue weighted by Crippen LogP contribution is -2.22. The molecule has 0 saturated heterocycles. The van der Waals surface area contributed by atoms with E-state index in [0.717, 1.165) is 23.8 Å². The number of rotatable bonds is 6. The van der Waals surface area contributed by atoms with Crippen molar-refractivity contribution in [3.63, 3.8) is 0 Å². The molecule has 0 fully saturated rings. The van der Waals surface area contributed by atoms with Crippen molar-refractivity contribution in [1.29, 1.82) is 0 Å². The smallest absolute Gasteiger partial charge is 0.131 e. The average molecular weight is 285 g/mol. The van der Waals surface area contributed by atoms with Crippen LogP contribution < -0.4 is 14.8 Å². The number of hydrogen-bond donors (Lipinski definition) is 1. The molecule has 3 nitrogen and oxygen atoms in total. The second-order valence-corrected chi connectivity index (χ2v) is 5.40. The molecule has 3 heteroatoms. The fourth-order valence-corrected chi connectivity index (χ4v) is 2.05. The van der Waals surface area contributed by atoms with Crippen LogP contribution in [0.3, 0.4) is 0 Å². The lowest BCUT2D eigenvalue weighted by atomic mass is 10.1. The Labute approximate surface area is 126 Å². The minimum atomic E-state index is 0.483. The van der Waals surface area contributed by atoms with E-state index in [1.807, 2.05) is 30.3 Å². The molecule has 0 saturated carbocycles. The molecule has 0 atom stereocenters. The van der Waals surface area contributed by atoms with Gasteiger partial charge in [0.2, 0.25) is 0 Å². The summed E-state index contributed by atoms with van der Waals surface area (Å²) in [6.45, 7) is 7.28. The molecule has 0 radical (unpaired) electrons. The Morgan fingerprint density at radius 2 is 1.71 bits per heavy atom. The number of methoxy groups -OCH3 is 1. The van der Waals surface area contributed by atoms with E-state index in [9.17, 15) is 0 Å². The summed E-state index contributed by atoms with van der Waals surface area (Å²) in [5.41, 5.74) is 2.52. The standard InChI is InChI=1S/C18H23NO2/c1-13(2)19-12-15-8-9-18(10-14(15)3)21-17-7-5-6-16(11-17)20-4/h5-11,13,19H,12H2,1-4H3. The molecule has 0 aliphatic rings. The van der Waals surface area contributed by atoms with Gasteiger partial charge in [0.05, 0.1) is 7.11 Å². The highest BCUT2D eigenvalue weighted by Crippen LogP contribution is 2.26. The minimum Gasteiger partial charge on any atom is -0.497 e. The first kappa shape index (κ1) is 15.4. The Morgan fingerprint density at radius 1 is 1.00 bits per heavy atom. The van der Waals surface area contributed by atoms with Gasteiger partial charge in [0.25, 0.3) is 0 Å². The van der Waals surface area contributed by atoms with E-state index >= 15 is 0 Å². The summed E-state index contributed by atoms with van der Waals surface area (Å²) >= 11 is 0. The largest absolute Gasteiger partial charge is 0.497 e. The van der Waals surface area contributed by atoms with Gasteiger partial charge in [-0.2, -0.15) is 0 Å². The van der Waals surface area contributed by atoms with Gasteiger partial charge in [0, 0.05) is 18.7 Å². The van der Waals surface area contributed by atoms with Crippen LogP contribution in [0, 0.1) is 6.92 Å². The molecule has 0 aliphatic heterocycles. The second-order valence-electron chi connectivity index (χ2n) is 5.40. The molecule has 0 spiro atoms. The van der Waals surface area contributed by atoms with Crippen LogP contribution in [0.5, 0.6) is 17.2 Å². The molecule has 0 aromatic heterocycles. The normalized spacial score (nSPS) is 10.7. The van der Waals surface area contributed by atoms with Gasteiger partial charge >= 0.3 is 0 Å². The van der Waals surface area contributed by atoms with E-state index in [2.05, 4.69) is 38.2 Å². The first-order valence-electron chi connectivity index (χ1n) is 7.23. The van der Waals surface area contributed by atoms with Gasteiger partial charge in [-0.3, -0.25) is 0 Å². The zero-order valence-corrected chi connectivity index (χ0v) is 13.1. The zero-order valence-electron chi connectivity index (χ0n) is 13.1. The Balaban J connectivity index is 2.09. The van der Waals surface area contributed by atoms with Crippen molar-refractivity contribution < 1.29 is 9.47 Å². The highest BCUT2D eigenvalue weighted by atomic mass is 16.5. The lowest BCUT2D eigenvalue weighted by Gasteiger charge is -2.13. The summed E-state index contributed by atoms with van der Waals surface area (Å²) in [4.78, 5) is 0. The van der Waals surface area contributed by atoms with E-state index in [1.54, 1.807) is 7.11 Å². The molecule has 21 heavy (non-hydrogen) atoms. The molecule has 0 heterocycles. The third-order valence-electron chi connectivity index (χ3n) is 3.29. The quantitative estimate of drug-likeness (QED) is 0.858. The van der Waals surface area contributed by atoms with Gasteiger partial charge in [-0.05, 0) is 42.3 Å². The maximum atomic E-state index is 5.88. The summed E-state index contributed by atoms with van der Waals surface area (Å²) in [7, 11) is 1.65. The monoisotopic (exact) mass is 285 g/mol. The Kier molecular flexibility index (Phi) is 5.23. The third-order valence-corrected chi connectivity index (χ3v) is 3.29. The van der Waals surface area contributed by atoms with Crippen molar-refractivity contribution in [2.24, 2.45) is 0 Å². The molecule has 2 aromatic carbocycles. The van der Waals surface area contributed by atoms with E-state index < -0.39 is 0 Å². The van der Waals surface area contributed by atoms with Crippen molar-refractivity contribution in [3.8, 4) is 17.2 Å². The molecule has 0 aliphatic carbocycles. The molecule has 1 N–H and O–H groups in total. The molecule has 0 bridgehead atoms. The molecular weight excluding hydrogens is 262 g/mol. The van der Waals surface area contributed by atoms with E-state index in [1.165, 1.54) is 11.1 Å². The first-order chi connectivity index (χ1) is 10.1. The van der Waals surface area contributed by atoms with Crippen molar-refractivity contribution in [2.75, 3.05) is 7.11 Å². The summed E-state index contributed by atoms with van der Waals surface area (Å²) in [6.07, 6.45) is 0. The Bertz CT molecular complexity index is 594. The Hall–Kier alpha value is -2.00. The van der Waals surface area contributed by atoms with Crippen LogP contribution in [0.4, 0.5) is 0 Å². The average Bonchev–Trinajstić information content (AvgIpc) is 2.46. The minimum absolute atomic E-state index is 0.483. The summed E-state index contributed by atoms with van der Waals surface area (Å²) in [5.74, 6) is 2.41. The van der Waals surface area contributed by atoms with Crippen LogP contribution in [-0.2, 0) is 6.54 Å². The highest BCUT2D eigenvalue weighted by molar-refractivity contribution is 5.40. The first-order valence-corrected chi connectivity index (χ1v) is 7.23. The van der Waals surface area contributed by atoms with Gasteiger partial charge in [-0.1, -0.05) is 26.0 Å². The predicted molar refractivity (Wildman–Crippen MR) is 86.2 cm³/mol. The Morgan fingerprint density at radius 3 is 2.38 bits per heavy atom. The van der Waals surface area contributed by atoms with Gasteiger partial charge < -0.3 is 14.8 Å². The summed E-state index contributed by atoms with van der Waals surface area (Å²) < 4.78 is 11.1. The van der Waals surface area contributed by atoms with Gasteiger partial charge in [-0.15, -0.1) is 0 Å². The van der Waals surface area contributed by atoms with Gasteiger partial charge in [0.1, 0.15) is 17.2 Å². The van der Waals surface area contributed by atoms with E-state index in [4.69, 9.17) is 9.47 Å². The number of nitrogens with one attached hydrogen (secondary N) is 1. The number of hydrogen-bond acceptors (Lipinski definition) is 3. The second kappa shape index (κ2) is 7.14. The maximum absolute atomic E-state index is 5.88. The maximum Gasteiger partial charge on any atom is 0.131 e. The van der Waals surface area contributed by atoms with Crippen molar-refractivity contribution in [1.82, 2.24) is 5.32 Å². The zero-order chi connectivity index (χ0) is 15.2. The molecule has 0 amide bonds. The molecule has 2 rings (SSSR count).